The van der Waals surface area contributed by atoms with Crippen molar-refractivity contribution in [2.45, 2.75) is 59.6 Å². The number of aromatic nitrogens is 4. The van der Waals surface area contributed by atoms with Crippen LogP contribution in [0, 0.1) is 13.8 Å². The van der Waals surface area contributed by atoms with Gasteiger partial charge in [0.1, 0.15) is 17.1 Å². The Morgan fingerprint density at radius 3 is 2.42 bits per heavy atom. The number of hydrogen-bond donors (Lipinski definition) is 2. The Hall–Kier alpha value is -3.60. The zero-order valence-electron chi connectivity index (χ0n) is 21.5. The maximum absolute atomic E-state index is 12.7. The minimum atomic E-state index is -0.600. The summed E-state index contributed by atoms with van der Waals surface area (Å²) < 4.78 is 17.4. The van der Waals surface area contributed by atoms with E-state index < -0.39 is 11.7 Å². The van der Waals surface area contributed by atoms with Gasteiger partial charge < -0.3 is 24.8 Å². The molecule has 0 radical (unpaired) electrons. The maximum Gasteiger partial charge on any atom is 0.408 e. The summed E-state index contributed by atoms with van der Waals surface area (Å²) in [4.78, 5) is 33.5. The highest BCUT2D eigenvalue weighted by molar-refractivity contribution is 6.32. The second-order valence-electron chi connectivity index (χ2n) is 9.09. The number of anilines is 1. The van der Waals surface area contributed by atoms with E-state index in [1.54, 1.807) is 37.4 Å². The lowest BCUT2D eigenvalue weighted by molar-refractivity contribution is -0.116. The SMILES string of the molecule is COc1cc(OC)c(NC(=O)CCc2c(C)nc3nc(CNC(=O)OC(C)(C)C)nn3c2C)cc1Cl. The first-order chi connectivity index (χ1) is 16.9. The van der Waals surface area contributed by atoms with E-state index in [2.05, 4.69) is 25.7 Å². The number of ether oxygens (including phenoxy) is 3. The molecule has 0 aliphatic carbocycles. The summed E-state index contributed by atoms with van der Waals surface area (Å²) in [6.07, 6.45) is 0.0802. The quantitative estimate of drug-likeness (QED) is 0.457. The molecule has 0 aliphatic rings. The van der Waals surface area contributed by atoms with Crippen LogP contribution >= 0.6 is 11.6 Å². The standard InChI is InChI=1S/C24H31ClN6O5/c1-13-15(8-9-21(32)28-17-10-16(25)18(34-6)11-19(17)35-7)14(2)31-22(27-13)29-20(30-31)12-26-23(33)36-24(3,4)5/h10-11H,8-9,12H2,1-7H3,(H,26,33)(H,28,32). The highest BCUT2D eigenvalue weighted by Crippen LogP contribution is 2.36. The Morgan fingerprint density at radius 1 is 1.08 bits per heavy atom. The fourth-order valence-corrected chi connectivity index (χ4v) is 3.80. The molecule has 2 heterocycles. The largest absolute Gasteiger partial charge is 0.495 e. The normalized spacial score (nSPS) is 11.3. The third kappa shape index (κ3) is 6.54. The van der Waals surface area contributed by atoms with Crippen molar-refractivity contribution in [3.63, 3.8) is 0 Å². The molecule has 1 aromatic carbocycles. The molecule has 3 aromatic rings. The number of nitrogens with one attached hydrogen (secondary N) is 2. The van der Waals surface area contributed by atoms with E-state index in [4.69, 9.17) is 25.8 Å². The van der Waals surface area contributed by atoms with Gasteiger partial charge in [0.25, 0.3) is 5.78 Å². The zero-order valence-corrected chi connectivity index (χ0v) is 22.2. The van der Waals surface area contributed by atoms with Gasteiger partial charge >= 0.3 is 6.09 Å². The minimum absolute atomic E-state index is 0.0980. The van der Waals surface area contributed by atoms with Gasteiger partial charge in [0.2, 0.25) is 5.91 Å². The third-order valence-corrected chi connectivity index (χ3v) is 5.53. The van der Waals surface area contributed by atoms with Gasteiger partial charge in [0.05, 0.1) is 31.5 Å². The van der Waals surface area contributed by atoms with Crippen LogP contribution in [0.2, 0.25) is 5.02 Å². The molecule has 0 fully saturated rings. The zero-order chi connectivity index (χ0) is 26.6. The maximum atomic E-state index is 12.7. The van der Waals surface area contributed by atoms with Crippen LogP contribution in [0.4, 0.5) is 10.5 Å². The van der Waals surface area contributed by atoms with Crippen molar-refractivity contribution < 1.29 is 23.8 Å². The van der Waals surface area contributed by atoms with E-state index >= 15 is 0 Å². The van der Waals surface area contributed by atoms with E-state index in [-0.39, 0.29) is 18.9 Å². The number of methoxy groups -OCH3 is 2. The number of hydrogen-bond acceptors (Lipinski definition) is 8. The van der Waals surface area contributed by atoms with Crippen molar-refractivity contribution >= 4 is 35.1 Å². The molecule has 0 spiro atoms. The van der Waals surface area contributed by atoms with Crippen LogP contribution in [0.5, 0.6) is 11.5 Å². The fraction of sp³-hybridized carbons (Fsp3) is 0.458. The molecule has 3 rings (SSSR count). The van der Waals surface area contributed by atoms with Crippen molar-refractivity contribution in [1.82, 2.24) is 24.9 Å². The van der Waals surface area contributed by atoms with Crippen LogP contribution in [0.3, 0.4) is 0 Å². The van der Waals surface area contributed by atoms with Gasteiger partial charge in [-0.3, -0.25) is 4.79 Å². The molecular weight excluding hydrogens is 488 g/mol. The molecule has 2 aromatic heterocycles. The highest BCUT2D eigenvalue weighted by Gasteiger charge is 2.19. The van der Waals surface area contributed by atoms with Crippen LogP contribution in [-0.4, -0.2) is 51.4 Å². The van der Waals surface area contributed by atoms with Crippen LogP contribution < -0.4 is 20.1 Å². The summed E-state index contributed by atoms with van der Waals surface area (Å²) in [5.74, 6) is 1.49. The molecule has 0 atom stereocenters. The Balaban J connectivity index is 1.70. The third-order valence-electron chi connectivity index (χ3n) is 5.23. The molecular formula is C24H31ClN6O5. The number of carbonyl (C=O) groups is 2. The summed E-state index contributed by atoms with van der Waals surface area (Å²) in [6.45, 7) is 9.21. The Labute approximate surface area is 214 Å². The average Bonchev–Trinajstić information content (AvgIpc) is 3.19. The number of amides is 2. The van der Waals surface area contributed by atoms with Crippen molar-refractivity contribution in [3.8, 4) is 11.5 Å². The van der Waals surface area contributed by atoms with Gasteiger partial charge in [0, 0.05) is 23.9 Å². The summed E-state index contributed by atoms with van der Waals surface area (Å²) in [5.41, 5.74) is 2.29. The molecule has 0 aliphatic heterocycles. The first-order valence-corrected chi connectivity index (χ1v) is 11.7. The number of rotatable bonds is 8. The number of benzene rings is 1. The summed E-state index contributed by atoms with van der Waals surface area (Å²) in [7, 11) is 3.01. The number of alkyl carbamates (subject to hydrolysis) is 1. The minimum Gasteiger partial charge on any atom is -0.495 e. The van der Waals surface area contributed by atoms with Gasteiger partial charge in [-0.05, 0) is 52.7 Å². The first-order valence-electron chi connectivity index (χ1n) is 11.3. The molecule has 0 unspecified atom stereocenters. The average molecular weight is 519 g/mol. The molecule has 12 heteroatoms. The fourth-order valence-electron chi connectivity index (χ4n) is 3.56. The van der Waals surface area contributed by atoms with E-state index in [0.717, 1.165) is 17.0 Å². The van der Waals surface area contributed by atoms with Gasteiger partial charge in [-0.2, -0.15) is 4.98 Å². The van der Waals surface area contributed by atoms with Crippen molar-refractivity contribution in [3.05, 3.63) is 39.9 Å². The lowest BCUT2D eigenvalue weighted by Gasteiger charge is -2.19. The van der Waals surface area contributed by atoms with Crippen LogP contribution in [0.15, 0.2) is 12.1 Å². The number of aryl methyl sites for hydroxylation is 2. The Morgan fingerprint density at radius 2 is 1.78 bits per heavy atom. The molecule has 2 N–H and O–H groups in total. The van der Waals surface area contributed by atoms with Crippen molar-refractivity contribution in [2.24, 2.45) is 0 Å². The second-order valence-corrected chi connectivity index (χ2v) is 9.50. The van der Waals surface area contributed by atoms with Crippen molar-refractivity contribution in [1.29, 1.82) is 0 Å². The molecule has 0 saturated heterocycles. The van der Waals surface area contributed by atoms with E-state index in [1.807, 2.05) is 13.8 Å². The monoisotopic (exact) mass is 518 g/mol. The number of fused-ring (bicyclic) bond motifs is 1. The van der Waals surface area contributed by atoms with Gasteiger partial charge in [-0.1, -0.05) is 11.6 Å². The summed E-state index contributed by atoms with van der Waals surface area (Å²) in [5, 5.41) is 10.3. The van der Waals surface area contributed by atoms with Crippen molar-refractivity contribution in [2.75, 3.05) is 19.5 Å². The van der Waals surface area contributed by atoms with Gasteiger partial charge in [-0.25, -0.2) is 14.3 Å². The molecule has 0 saturated carbocycles. The first kappa shape index (κ1) is 27.0. The lowest BCUT2D eigenvalue weighted by Crippen LogP contribution is -2.32. The Bertz CT molecular complexity index is 1280. The highest BCUT2D eigenvalue weighted by atomic mass is 35.5. The summed E-state index contributed by atoms with van der Waals surface area (Å²) in [6, 6.07) is 3.20. The lowest BCUT2D eigenvalue weighted by atomic mass is 10.1. The predicted molar refractivity (Wildman–Crippen MR) is 135 cm³/mol. The van der Waals surface area contributed by atoms with E-state index in [9.17, 15) is 9.59 Å². The van der Waals surface area contributed by atoms with Crippen LogP contribution in [-0.2, 0) is 22.5 Å². The smallest absolute Gasteiger partial charge is 0.408 e. The number of carbonyl (C=O) groups excluding carboxylic acids is 2. The molecule has 36 heavy (non-hydrogen) atoms. The van der Waals surface area contributed by atoms with Gasteiger partial charge in [0.15, 0.2) is 5.82 Å². The molecule has 2 amide bonds. The topological polar surface area (TPSA) is 129 Å². The number of nitrogens with zero attached hydrogens (tertiary/aromatic N) is 4. The van der Waals surface area contributed by atoms with E-state index in [0.29, 0.717) is 40.2 Å². The molecule has 0 bridgehead atoms. The Kier molecular flexibility index (Phi) is 8.24. The molecule has 11 nitrogen and oxygen atoms in total. The van der Waals surface area contributed by atoms with E-state index in [1.165, 1.54) is 14.2 Å². The van der Waals surface area contributed by atoms with Gasteiger partial charge in [-0.15, -0.1) is 5.10 Å². The number of halogens is 1. The second kappa shape index (κ2) is 11.0. The van der Waals surface area contributed by atoms with Crippen LogP contribution in [0.25, 0.3) is 5.78 Å². The summed E-state index contributed by atoms with van der Waals surface area (Å²) >= 11 is 6.20. The van der Waals surface area contributed by atoms with Crippen LogP contribution in [0.1, 0.15) is 50.0 Å². The predicted octanol–water partition coefficient (Wildman–Crippen LogP) is 4.01. The molecule has 194 valence electrons.